The lowest BCUT2D eigenvalue weighted by Crippen LogP contribution is -2.27. The summed E-state index contributed by atoms with van der Waals surface area (Å²) in [5.41, 5.74) is 0.326. The molecular formula is C10H12ClFO2. The largest absolute Gasteiger partial charge is 0.349 e. The van der Waals surface area contributed by atoms with Gasteiger partial charge in [-0.25, -0.2) is 4.39 Å². The van der Waals surface area contributed by atoms with Crippen molar-refractivity contribution in [3.05, 3.63) is 34.6 Å². The van der Waals surface area contributed by atoms with Crippen LogP contribution in [0.5, 0.6) is 0 Å². The van der Waals surface area contributed by atoms with E-state index in [1.165, 1.54) is 20.3 Å². The third kappa shape index (κ3) is 2.05. The first-order chi connectivity index (χ1) is 6.53. The number of rotatable bonds is 3. The molecule has 0 N–H and O–H groups in total. The first kappa shape index (κ1) is 11.4. The molecule has 0 amide bonds. The Labute approximate surface area is 87.6 Å². The van der Waals surface area contributed by atoms with Crippen LogP contribution in [0, 0.1) is 5.82 Å². The molecule has 0 saturated heterocycles. The van der Waals surface area contributed by atoms with Crippen LogP contribution in [0.1, 0.15) is 12.5 Å². The van der Waals surface area contributed by atoms with Gasteiger partial charge in [0.15, 0.2) is 5.79 Å². The molecule has 0 spiro atoms. The van der Waals surface area contributed by atoms with Crippen LogP contribution in [0.15, 0.2) is 18.2 Å². The summed E-state index contributed by atoms with van der Waals surface area (Å²) in [5, 5.41) is 0.348. The Morgan fingerprint density at radius 1 is 1.29 bits per heavy atom. The van der Waals surface area contributed by atoms with E-state index in [1.807, 2.05) is 0 Å². The van der Waals surface area contributed by atoms with Crippen molar-refractivity contribution in [1.29, 1.82) is 0 Å². The normalized spacial score (nSPS) is 11.8. The highest BCUT2D eigenvalue weighted by Crippen LogP contribution is 2.29. The molecule has 0 aliphatic heterocycles. The van der Waals surface area contributed by atoms with Crippen molar-refractivity contribution in [2.45, 2.75) is 12.7 Å². The van der Waals surface area contributed by atoms with Crippen molar-refractivity contribution in [2.24, 2.45) is 0 Å². The summed E-state index contributed by atoms with van der Waals surface area (Å²) in [7, 11) is 2.91. The van der Waals surface area contributed by atoms with E-state index in [1.54, 1.807) is 19.1 Å². The predicted molar refractivity (Wildman–Crippen MR) is 52.8 cm³/mol. The maximum atomic E-state index is 13.5. The molecule has 0 heterocycles. The molecule has 4 heteroatoms. The van der Waals surface area contributed by atoms with Gasteiger partial charge >= 0.3 is 0 Å². The Kier molecular flexibility index (Phi) is 3.48. The average molecular weight is 219 g/mol. The first-order valence-electron chi connectivity index (χ1n) is 4.09. The minimum absolute atomic E-state index is 0.326. The summed E-state index contributed by atoms with van der Waals surface area (Å²) in [4.78, 5) is 0. The average Bonchev–Trinajstić information content (AvgIpc) is 2.17. The van der Waals surface area contributed by atoms with Gasteiger partial charge in [-0.3, -0.25) is 0 Å². The Bertz CT molecular complexity index is 324. The molecule has 1 aromatic rings. The van der Waals surface area contributed by atoms with Gasteiger partial charge in [0.2, 0.25) is 0 Å². The maximum absolute atomic E-state index is 13.5. The molecule has 1 aromatic carbocycles. The summed E-state index contributed by atoms with van der Waals surface area (Å²) in [6.07, 6.45) is 0. The SMILES string of the molecule is COC(C)(OC)c1ccc(Cl)cc1F. The van der Waals surface area contributed by atoms with Crippen LogP contribution in [-0.2, 0) is 15.3 Å². The van der Waals surface area contributed by atoms with E-state index in [9.17, 15) is 4.39 Å². The van der Waals surface area contributed by atoms with Crippen LogP contribution in [0.3, 0.4) is 0 Å². The second-order valence-corrected chi connectivity index (χ2v) is 3.41. The molecule has 14 heavy (non-hydrogen) atoms. The van der Waals surface area contributed by atoms with E-state index in [0.717, 1.165) is 0 Å². The topological polar surface area (TPSA) is 18.5 Å². The number of hydrogen-bond donors (Lipinski definition) is 0. The molecule has 2 nitrogen and oxygen atoms in total. The fraction of sp³-hybridized carbons (Fsp3) is 0.400. The van der Waals surface area contributed by atoms with E-state index in [4.69, 9.17) is 21.1 Å². The minimum atomic E-state index is -1.07. The van der Waals surface area contributed by atoms with Crippen LogP contribution < -0.4 is 0 Å². The van der Waals surface area contributed by atoms with Crippen molar-refractivity contribution in [3.8, 4) is 0 Å². The zero-order valence-corrected chi connectivity index (χ0v) is 9.06. The van der Waals surface area contributed by atoms with Gasteiger partial charge in [-0.05, 0) is 25.1 Å². The Balaban J connectivity index is 3.17. The highest BCUT2D eigenvalue weighted by molar-refractivity contribution is 6.30. The van der Waals surface area contributed by atoms with Gasteiger partial charge in [0.05, 0.1) is 0 Å². The Morgan fingerprint density at radius 2 is 1.86 bits per heavy atom. The minimum Gasteiger partial charge on any atom is -0.349 e. The zero-order chi connectivity index (χ0) is 10.8. The molecule has 0 fully saturated rings. The molecule has 0 aliphatic rings. The molecule has 0 radical (unpaired) electrons. The summed E-state index contributed by atoms with van der Waals surface area (Å²) in [6, 6.07) is 4.37. The van der Waals surface area contributed by atoms with Gasteiger partial charge in [0.25, 0.3) is 0 Å². The second kappa shape index (κ2) is 4.26. The van der Waals surface area contributed by atoms with Gasteiger partial charge in [-0.1, -0.05) is 11.6 Å². The highest BCUT2D eigenvalue weighted by atomic mass is 35.5. The summed E-state index contributed by atoms with van der Waals surface area (Å²) in [5.74, 6) is -1.52. The number of halogens is 2. The van der Waals surface area contributed by atoms with Gasteiger partial charge in [0, 0.05) is 24.8 Å². The third-order valence-electron chi connectivity index (χ3n) is 2.20. The summed E-state index contributed by atoms with van der Waals surface area (Å²) in [6.45, 7) is 1.64. The maximum Gasteiger partial charge on any atom is 0.194 e. The van der Waals surface area contributed by atoms with Gasteiger partial charge in [-0.2, -0.15) is 0 Å². The fourth-order valence-corrected chi connectivity index (χ4v) is 1.32. The quantitative estimate of drug-likeness (QED) is 0.727. The highest BCUT2D eigenvalue weighted by Gasteiger charge is 2.28. The monoisotopic (exact) mass is 218 g/mol. The standard InChI is InChI=1S/C10H12ClFO2/c1-10(13-2,14-3)8-5-4-7(11)6-9(8)12/h4-6H,1-3H3. The number of methoxy groups -OCH3 is 2. The van der Waals surface area contributed by atoms with Crippen LogP contribution in [0.4, 0.5) is 4.39 Å². The summed E-state index contributed by atoms with van der Waals surface area (Å²) < 4.78 is 23.7. The van der Waals surface area contributed by atoms with Crippen molar-refractivity contribution in [1.82, 2.24) is 0 Å². The van der Waals surface area contributed by atoms with E-state index in [0.29, 0.717) is 10.6 Å². The van der Waals surface area contributed by atoms with Crippen molar-refractivity contribution < 1.29 is 13.9 Å². The van der Waals surface area contributed by atoms with Crippen LogP contribution in [-0.4, -0.2) is 14.2 Å². The molecule has 0 atom stereocenters. The number of ether oxygens (including phenoxy) is 2. The van der Waals surface area contributed by atoms with Crippen molar-refractivity contribution in [2.75, 3.05) is 14.2 Å². The second-order valence-electron chi connectivity index (χ2n) is 2.98. The van der Waals surface area contributed by atoms with Crippen molar-refractivity contribution in [3.63, 3.8) is 0 Å². The molecule has 0 saturated carbocycles. The molecule has 0 aliphatic carbocycles. The van der Waals surface area contributed by atoms with E-state index >= 15 is 0 Å². The fourth-order valence-electron chi connectivity index (χ4n) is 1.16. The Hall–Kier alpha value is -0.640. The zero-order valence-electron chi connectivity index (χ0n) is 8.30. The van der Waals surface area contributed by atoms with Crippen LogP contribution in [0.25, 0.3) is 0 Å². The van der Waals surface area contributed by atoms with Crippen molar-refractivity contribution >= 4 is 11.6 Å². The first-order valence-corrected chi connectivity index (χ1v) is 4.47. The molecule has 1 rings (SSSR count). The smallest absolute Gasteiger partial charge is 0.194 e. The van der Waals surface area contributed by atoms with Gasteiger partial charge < -0.3 is 9.47 Å². The number of benzene rings is 1. The third-order valence-corrected chi connectivity index (χ3v) is 2.43. The lowest BCUT2D eigenvalue weighted by Gasteiger charge is -2.27. The molecule has 0 bridgehead atoms. The van der Waals surface area contributed by atoms with Crippen LogP contribution in [0.2, 0.25) is 5.02 Å². The van der Waals surface area contributed by atoms with Crippen LogP contribution >= 0.6 is 11.6 Å². The molecule has 0 unspecified atom stereocenters. The lowest BCUT2D eigenvalue weighted by atomic mass is 10.1. The van der Waals surface area contributed by atoms with E-state index < -0.39 is 11.6 Å². The number of hydrogen-bond acceptors (Lipinski definition) is 2. The Morgan fingerprint density at radius 3 is 2.29 bits per heavy atom. The predicted octanol–water partition coefficient (Wildman–Crippen LogP) is 2.94. The van der Waals surface area contributed by atoms with Gasteiger partial charge in [-0.15, -0.1) is 0 Å². The molecular weight excluding hydrogens is 207 g/mol. The van der Waals surface area contributed by atoms with Gasteiger partial charge in [0.1, 0.15) is 5.82 Å². The molecule has 0 aromatic heterocycles. The summed E-state index contributed by atoms with van der Waals surface area (Å²) >= 11 is 5.63. The lowest BCUT2D eigenvalue weighted by molar-refractivity contribution is -0.203. The molecule has 78 valence electrons. The van der Waals surface area contributed by atoms with E-state index in [-0.39, 0.29) is 0 Å². The van der Waals surface area contributed by atoms with E-state index in [2.05, 4.69) is 0 Å².